The molecule has 0 unspecified atom stereocenters. The van der Waals surface area contributed by atoms with Crippen molar-refractivity contribution in [2.75, 3.05) is 5.32 Å². The highest BCUT2D eigenvalue weighted by atomic mass is 32.1. The van der Waals surface area contributed by atoms with Gasteiger partial charge in [-0.3, -0.25) is 0 Å². The predicted octanol–water partition coefficient (Wildman–Crippen LogP) is 1.19. The minimum atomic E-state index is 0.690. The summed E-state index contributed by atoms with van der Waals surface area (Å²) in [6.07, 6.45) is 0. The van der Waals surface area contributed by atoms with Crippen LogP contribution in [0.5, 0.6) is 0 Å². The van der Waals surface area contributed by atoms with Gasteiger partial charge in [0.1, 0.15) is 0 Å². The standard InChI is InChI=1S/C8H11N5S/c1-6-4-14-5-7(6)3-9-8-10-11-12-13(8)2/h4-5H,3H2,1-2H3,(H,9,10,12). The van der Waals surface area contributed by atoms with Crippen LogP contribution in [0, 0.1) is 6.92 Å². The highest BCUT2D eigenvalue weighted by Crippen LogP contribution is 2.14. The van der Waals surface area contributed by atoms with Gasteiger partial charge in [0, 0.05) is 13.6 Å². The first kappa shape index (κ1) is 9.14. The lowest BCUT2D eigenvalue weighted by Crippen LogP contribution is -2.05. The van der Waals surface area contributed by atoms with Crippen LogP contribution in [0.2, 0.25) is 0 Å². The molecule has 14 heavy (non-hydrogen) atoms. The number of aryl methyl sites for hydroxylation is 2. The van der Waals surface area contributed by atoms with Gasteiger partial charge in [-0.1, -0.05) is 5.10 Å². The number of hydrogen-bond acceptors (Lipinski definition) is 5. The highest BCUT2D eigenvalue weighted by Gasteiger charge is 2.02. The van der Waals surface area contributed by atoms with Crippen LogP contribution in [-0.4, -0.2) is 20.2 Å². The summed E-state index contributed by atoms with van der Waals surface area (Å²) in [5.74, 6) is 0.690. The van der Waals surface area contributed by atoms with E-state index in [2.05, 4.69) is 38.5 Å². The van der Waals surface area contributed by atoms with Gasteiger partial charge in [-0.2, -0.15) is 11.3 Å². The van der Waals surface area contributed by atoms with Crippen molar-refractivity contribution in [1.82, 2.24) is 20.2 Å². The molecule has 0 aromatic carbocycles. The van der Waals surface area contributed by atoms with Crippen LogP contribution < -0.4 is 5.32 Å². The number of tetrazole rings is 1. The van der Waals surface area contributed by atoms with E-state index in [4.69, 9.17) is 0 Å². The van der Waals surface area contributed by atoms with E-state index in [9.17, 15) is 0 Å². The fraction of sp³-hybridized carbons (Fsp3) is 0.375. The van der Waals surface area contributed by atoms with Crippen molar-refractivity contribution in [2.45, 2.75) is 13.5 Å². The molecule has 0 radical (unpaired) electrons. The minimum Gasteiger partial charge on any atom is -0.349 e. The van der Waals surface area contributed by atoms with Gasteiger partial charge in [-0.25, -0.2) is 4.68 Å². The zero-order chi connectivity index (χ0) is 9.97. The Kier molecular flexibility index (Phi) is 2.45. The molecule has 1 N–H and O–H groups in total. The summed E-state index contributed by atoms with van der Waals surface area (Å²) in [7, 11) is 1.81. The van der Waals surface area contributed by atoms with E-state index in [0.717, 1.165) is 6.54 Å². The Bertz CT molecular complexity index is 379. The Morgan fingerprint density at radius 1 is 1.50 bits per heavy atom. The molecule has 0 spiro atoms. The van der Waals surface area contributed by atoms with E-state index in [0.29, 0.717) is 5.95 Å². The quantitative estimate of drug-likeness (QED) is 0.825. The number of hydrogen-bond donors (Lipinski definition) is 1. The third-order valence-corrected chi connectivity index (χ3v) is 2.93. The predicted molar refractivity (Wildman–Crippen MR) is 55.2 cm³/mol. The van der Waals surface area contributed by atoms with E-state index in [1.165, 1.54) is 11.1 Å². The molecule has 2 rings (SSSR count). The largest absolute Gasteiger partial charge is 0.349 e. The molecule has 0 saturated carbocycles. The minimum absolute atomic E-state index is 0.690. The molecule has 0 atom stereocenters. The molecule has 0 saturated heterocycles. The number of aromatic nitrogens is 4. The summed E-state index contributed by atoms with van der Waals surface area (Å²) in [6.45, 7) is 2.87. The normalized spacial score (nSPS) is 10.4. The number of rotatable bonds is 3. The van der Waals surface area contributed by atoms with Gasteiger partial charge in [-0.15, -0.1) is 0 Å². The number of anilines is 1. The second-order valence-corrected chi connectivity index (χ2v) is 3.80. The fourth-order valence-electron chi connectivity index (χ4n) is 1.12. The van der Waals surface area contributed by atoms with Gasteiger partial charge in [-0.05, 0) is 39.2 Å². The Morgan fingerprint density at radius 3 is 2.93 bits per heavy atom. The summed E-state index contributed by atoms with van der Waals surface area (Å²) < 4.78 is 1.61. The molecule has 0 amide bonds. The van der Waals surface area contributed by atoms with Crippen molar-refractivity contribution >= 4 is 17.3 Å². The van der Waals surface area contributed by atoms with Crippen molar-refractivity contribution in [3.63, 3.8) is 0 Å². The topological polar surface area (TPSA) is 55.6 Å². The van der Waals surface area contributed by atoms with Gasteiger partial charge in [0.05, 0.1) is 0 Å². The Hall–Kier alpha value is -1.43. The third kappa shape index (κ3) is 1.74. The molecular formula is C8H11N5S. The highest BCUT2D eigenvalue weighted by molar-refractivity contribution is 7.08. The molecule has 5 nitrogen and oxygen atoms in total. The first-order valence-electron chi connectivity index (χ1n) is 4.25. The van der Waals surface area contributed by atoms with E-state index in [1.54, 1.807) is 16.0 Å². The molecule has 0 aliphatic rings. The summed E-state index contributed by atoms with van der Waals surface area (Å²) in [5, 5.41) is 18.6. The second-order valence-electron chi connectivity index (χ2n) is 3.06. The Balaban J connectivity index is 2.02. The lowest BCUT2D eigenvalue weighted by Gasteiger charge is -2.02. The van der Waals surface area contributed by atoms with E-state index in [-0.39, 0.29) is 0 Å². The van der Waals surface area contributed by atoms with Gasteiger partial charge >= 0.3 is 0 Å². The molecule has 0 fully saturated rings. The summed E-state index contributed by atoms with van der Waals surface area (Å²) in [5.41, 5.74) is 2.59. The average Bonchev–Trinajstić information content (AvgIpc) is 2.72. The molecule has 2 aromatic heterocycles. The van der Waals surface area contributed by atoms with E-state index >= 15 is 0 Å². The van der Waals surface area contributed by atoms with Crippen LogP contribution in [0.25, 0.3) is 0 Å². The molecule has 2 heterocycles. The van der Waals surface area contributed by atoms with Crippen LogP contribution in [-0.2, 0) is 13.6 Å². The summed E-state index contributed by atoms with van der Waals surface area (Å²) in [6, 6.07) is 0. The molecule has 74 valence electrons. The number of nitrogens with one attached hydrogen (secondary N) is 1. The monoisotopic (exact) mass is 209 g/mol. The van der Waals surface area contributed by atoms with Crippen molar-refractivity contribution in [3.8, 4) is 0 Å². The van der Waals surface area contributed by atoms with E-state index in [1.807, 2.05) is 7.05 Å². The van der Waals surface area contributed by atoms with Crippen LogP contribution in [0.15, 0.2) is 10.8 Å². The maximum Gasteiger partial charge on any atom is 0.242 e. The summed E-state index contributed by atoms with van der Waals surface area (Å²) in [4.78, 5) is 0. The SMILES string of the molecule is Cc1cscc1CNc1nnnn1C. The van der Waals surface area contributed by atoms with Gasteiger partial charge < -0.3 is 5.32 Å². The first-order valence-corrected chi connectivity index (χ1v) is 5.19. The molecule has 6 heteroatoms. The van der Waals surface area contributed by atoms with Crippen LogP contribution >= 0.6 is 11.3 Å². The lowest BCUT2D eigenvalue weighted by molar-refractivity contribution is 0.712. The Labute approximate surface area is 85.8 Å². The van der Waals surface area contributed by atoms with E-state index < -0.39 is 0 Å². The Morgan fingerprint density at radius 2 is 2.36 bits per heavy atom. The van der Waals surface area contributed by atoms with Gasteiger partial charge in [0.25, 0.3) is 0 Å². The zero-order valence-corrected chi connectivity index (χ0v) is 8.88. The maximum atomic E-state index is 3.84. The molecule has 0 bridgehead atoms. The van der Waals surface area contributed by atoms with Crippen LogP contribution in [0.1, 0.15) is 11.1 Å². The first-order chi connectivity index (χ1) is 6.77. The van der Waals surface area contributed by atoms with Gasteiger partial charge in [0.2, 0.25) is 5.95 Å². The fourth-order valence-corrected chi connectivity index (χ4v) is 1.98. The van der Waals surface area contributed by atoms with Crippen molar-refractivity contribution in [3.05, 3.63) is 21.9 Å². The molecule has 0 aliphatic heterocycles. The lowest BCUT2D eigenvalue weighted by atomic mass is 10.2. The average molecular weight is 209 g/mol. The van der Waals surface area contributed by atoms with Crippen LogP contribution in [0.3, 0.4) is 0 Å². The smallest absolute Gasteiger partial charge is 0.242 e. The number of nitrogens with zero attached hydrogens (tertiary/aromatic N) is 4. The van der Waals surface area contributed by atoms with Gasteiger partial charge in [0.15, 0.2) is 0 Å². The maximum absolute atomic E-state index is 3.84. The van der Waals surface area contributed by atoms with Crippen molar-refractivity contribution in [2.24, 2.45) is 7.05 Å². The van der Waals surface area contributed by atoms with Crippen molar-refractivity contribution < 1.29 is 0 Å². The molecule has 0 aliphatic carbocycles. The molecular weight excluding hydrogens is 198 g/mol. The zero-order valence-electron chi connectivity index (χ0n) is 8.06. The second kappa shape index (κ2) is 3.75. The number of thiophene rings is 1. The van der Waals surface area contributed by atoms with Crippen molar-refractivity contribution in [1.29, 1.82) is 0 Å². The van der Waals surface area contributed by atoms with Crippen LogP contribution in [0.4, 0.5) is 5.95 Å². The molecule has 2 aromatic rings. The summed E-state index contributed by atoms with van der Waals surface area (Å²) >= 11 is 1.71. The third-order valence-electron chi connectivity index (χ3n) is 2.02.